The molecule has 1 aliphatic rings. The monoisotopic (exact) mass is 310 g/mol. The van der Waals surface area contributed by atoms with Crippen molar-refractivity contribution in [2.75, 3.05) is 18.6 Å². The first kappa shape index (κ1) is 16.3. The number of esters is 1. The average molecular weight is 310 g/mol. The van der Waals surface area contributed by atoms with E-state index in [1.165, 1.54) is 38.5 Å². The number of carbonyl (C=O) groups is 1. The summed E-state index contributed by atoms with van der Waals surface area (Å²) in [6.45, 7) is 2.28. The molecule has 2 rings (SSSR count). The van der Waals surface area contributed by atoms with Crippen molar-refractivity contribution in [3.8, 4) is 0 Å². The second-order valence-electron chi connectivity index (χ2n) is 5.68. The van der Waals surface area contributed by atoms with Crippen LogP contribution in [0.25, 0.3) is 0 Å². The molecule has 118 valence electrons. The minimum atomic E-state index is -0.135. The highest BCUT2D eigenvalue weighted by Crippen LogP contribution is 2.28. The van der Waals surface area contributed by atoms with Crippen LogP contribution in [0.15, 0.2) is 5.38 Å². The molecule has 0 radical (unpaired) electrons. The second kappa shape index (κ2) is 8.37. The van der Waals surface area contributed by atoms with E-state index in [9.17, 15) is 4.79 Å². The van der Waals surface area contributed by atoms with Gasteiger partial charge in [-0.05, 0) is 19.8 Å². The zero-order valence-corrected chi connectivity index (χ0v) is 14.0. The summed E-state index contributed by atoms with van der Waals surface area (Å²) in [5.74, 6) is -0.135. The van der Waals surface area contributed by atoms with Gasteiger partial charge in [-0.25, -0.2) is 4.98 Å². The molecule has 0 saturated heterocycles. The first-order chi connectivity index (χ1) is 10.2. The summed E-state index contributed by atoms with van der Waals surface area (Å²) >= 11 is 1.69. The summed E-state index contributed by atoms with van der Waals surface area (Å²) < 4.78 is 4.95. The quantitative estimate of drug-likeness (QED) is 0.592. The van der Waals surface area contributed by atoms with Crippen molar-refractivity contribution < 1.29 is 9.53 Å². The molecule has 0 atom stereocenters. The largest absolute Gasteiger partial charge is 0.466 e. The Balaban J connectivity index is 1.87. The number of nitrogens with zero attached hydrogens (tertiary/aromatic N) is 2. The number of anilines is 1. The minimum absolute atomic E-state index is 0.135. The molecule has 1 fully saturated rings. The number of rotatable bonds is 6. The van der Waals surface area contributed by atoms with Gasteiger partial charge in [0.05, 0.1) is 18.7 Å². The van der Waals surface area contributed by atoms with Gasteiger partial charge in [0, 0.05) is 24.9 Å². The van der Waals surface area contributed by atoms with Crippen molar-refractivity contribution in [2.45, 2.75) is 64.3 Å². The maximum absolute atomic E-state index is 11.4. The smallest absolute Gasteiger partial charge is 0.306 e. The van der Waals surface area contributed by atoms with E-state index in [-0.39, 0.29) is 5.97 Å². The molecule has 1 heterocycles. The van der Waals surface area contributed by atoms with Crippen molar-refractivity contribution in [3.05, 3.63) is 11.1 Å². The van der Waals surface area contributed by atoms with Crippen LogP contribution in [-0.4, -0.2) is 30.6 Å². The third-order valence-electron chi connectivity index (χ3n) is 4.10. The first-order valence-electron chi connectivity index (χ1n) is 8.03. The van der Waals surface area contributed by atoms with Gasteiger partial charge < -0.3 is 9.64 Å². The lowest BCUT2D eigenvalue weighted by Crippen LogP contribution is -2.30. The Morgan fingerprint density at radius 1 is 1.38 bits per heavy atom. The summed E-state index contributed by atoms with van der Waals surface area (Å²) in [4.78, 5) is 18.4. The predicted molar refractivity (Wildman–Crippen MR) is 87.0 cm³/mol. The van der Waals surface area contributed by atoms with Crippen LogP contribution in [0.3, 0.4) is 0 Å². The van der Waals surface area contributed by atoms with Crippen LogP contribution in [0, 0.1) is 0 Å². The molecule has 1 aromatic heterocycles. The topological polar surface area (TPSA) is 42.4 Å². The van der Waals surface area contributed by atoms with Gasteiger partial charge in [-0.2, -0.15) is 0 Å². The van der Waals surface area contributed by atoms with E-state index in [2.05, 4.69) is 22.3 Å². The van der Waals surface area contributed by atoms with E-state index >= 15 is 0 Å². The molecular weight excluding hydrogens is 284 g/mol. The Hall–Kier alpha value is -1.10. The molecule has 1 aliphatic carbocycles. The molecule has 0 bridgehead atoms. The lowest BCUT2D eigenvalue weighted by atomic mass is 10.1. The Bertz CT molecular complexity index is 439. The van der Waals surface area contributed by atoms with Gasteiger partial charge >= 0.3 is 5.97 Å². The zero-order valence-electron chi connectivity index (χ0n) is 13.1. The fourth-order valence-electron chi connectivity index (χ4n) is 2.84. The SMILES string of the molecule is CCOC(=O)CCc1csc(N(C)C2CCCCCC2)n1. The highest BCUT2D eigenvalue weighted by atomic mass is 32.1. The molecule has 1 saturated carbocycles. The summed E-state index contributed by atoms with van der Waals surface area (Å²) in [5, 5.41) is 3.16. The summed E-state index contributed by atoms with van der Waals surface area (Å²) in [6, 6.07) is 0.622. The maximum Gasteiger partial charge on any atom is 0.306 e. The Kier molecular flexibility index (Phi) is 6.49. The van der Waals surface area contributed by atoms with Gasteiger partial charge in [0.15, 0.2) is 5.13 Å². The van der Waals surface area contributed by atoms with Crippen molar-refractivity contribution >= 4 is 22.4 Å². The van der Waals surface area contributed by atoms with Gasteiger partial charge in [-0.15, -0.1) is 11.3 Å². The second-order valence-corrected chi connectivity index (χ2v) is 6.52. The fraction of sp³-hybridized carbons (Fsp3) is 0.750. The first-order valence-corrected chi connectivity index (χ1v) is 8.91. The summed E-state index contributed by atoms with van der Waals surface area (Å²) in [5.41, 5.74) is 1.00. The number of ether oxygens (including phenoxy) is 1. The van der Waals surface area contributed by atoms with Crippen molar-refractivity contribution in [1.29, 1.82) is 0 Å². The van der Waals surface area contributed by atoms with Crippen molar-refractivity contribution in [2.24, 2.45) is 0 Å². The molecular formula is C16H26N2O2S. The number of hydrogen-bond acceptors (Lipinski definition) is 5. The maximum atomic E-state index is 11.4. The highest BCUT2D eigenvalue weighted by molar-refractivity contribution is 7.13. The Morgan fingerprint density at radius 3 is 2.76 bits per heavy atom. The molecule has 0 unspecified atom stereocenters. The van der Waals surface area contributed by atoms with E-state index < -0.39 is 0 Å². The zero-order chi connectivity index (χ0) is 15.1. The molecule has 0 amide bonds. The van der Waals surface area contributed by atoms with Gasteiger partial charge in [0.2, 0.25) is 0 Å². The third-order valence-corrected chi connectivity index (χ3v) is 5.08. The summed E-state index contributed by atoms with van der Waals surface area (Å²) in [6.07, 6.45) is 9.03. The molecule has 0 N–H and O–H groups in total. The highest BCUT2D eigenvalue weighted by Gasteiger charge is 2.19. The third kappa shape index (κ3) is 4.99. The number of aromatic nitrogens is 1. The lowest BCUT2D eigenvalue weighted by molar-refractivity contribution is -0.143. The summed E-state index contributed by atoms with van der Waals surface area (Å²) in [7, 11) is 2.16. The predicted octanol–water partition coefficient (Wildman–Crippen LogP) is 3.80. The molecule has 5 heteroatoms. The van der Waals surface area contributed by atoms with Crippen molar-refractivity contribution in [1.82, 2.24) is 4.98 Å². The van der Waals surface area contributed by atoms with Crippen LogP contribution in [0.1, 0.15) is 57.6 Å². The molecule has 1 aromatic rings. The number of aryl methyl sites for hydroxylation is 1. The van der Waals surface area contributed by atoms with Gasteiger partial charge in [-0.1, -0.05) is 25.7 Å². The number of hydrogen-bond donors (Lipinski definition) is 0. The fourth-order valence-corrected chi connectivity index (χ4v) is 3.73. The minimum Gasteiger partial charge on any atom is -0.466 e. The van der Waals surface area contributed by atoms with Crippen LogP contribution >= 0.6 is 11.3 Å². The van der Waals surface area contributed by atoms with Gasteiger partial charge in [0.1, 0.15) is 0 Å². The van der Waals surface area contributed by atoms with Crippen molar-refractivity contribution in [3.63, 3.8) is 0 Å². The van der Waals surface area contributed by atoms with E-state index in [1.54, 1.807) is 11.3 Å². The molecule has 0 spiro atoms. The molecule has 0 aromatic carbocycles. The number of thiazole rings is 1. The lowest BCUT2D eigenvalue weighted by Gasteiger charge is -2.26. The van der Waals surface area contributed by atoms with Crippen LogP contribution in [0.2, 0.25) is 0 Å². The van der Waals surface area contributed by atoms with E-state index in [1.807, 2.05) is 6.92 Å². The number of carbonyl (C=O) groups excluding carboxylic acids is 1. The van der Waals surface area contributed by atoms with E-state index in [0.29, 0.717) is 25.5 Å². The van der Waals surface area contributed by atoms with E-state index in [4.69, 9.17) is 4.74 Å². The van der Waals surface area contributed by atoms with Crippen LogP contribution in [0.5, 0.6) is 0 Å². The molecule has 0 aliphatic heterocycles. The molecule has 21 heavy (non-hydrogen) atoms. The Labute approximate surface area is 131 Å². The van der Waals surface area contributed by atoms with Crippen LogP contribution < -0.4 is 4.90 Å². The van der Waals surface area contributed by atoms with Crippen LogP contribution in [0.4, 0.5) is 5.13 Å². The Morgan fingerprint density at radius 2 is 2.10 bits per heavy atom. The van der Waals surface area contributed by atoms with E-state index in [0.717, 1.165) is 10.8 Å². The standard InChI is InChI=1S/C16H26N2O2S/c1-3-20-15(19)11-10-13-12-21-16(17-13)18(2)14-8-6-4-5-7-9-14/h12,14H,3-11H2,1-2H3. The van der Waals surface area contributed by atoms with Crippen LogP contribution in [-0.2, 0) is 16.0 Å². The average Bonchev–Trinajstić information content (AvgIpc) is 2.78. The normalized spacial score (nSPS) is 16.5. The van der Waals surface area contributed by atoms with Gasteiger partial charge in [-0.3, -0.25) is 4.79 Å². The molecule has 4 nitrogen and oxygen atoms in total. The van der Waals surface area contributed by atoms with Gasteiger partial charge in [0.25, 0.3) is 0 Å².